The molecule has 0 bridgehead atoms. The molecule has 2 aromatic carbocycles. The first-order valence-corrected chi connectivity index (χ1v) is 5.95. The fourth-order valence-electron chi connectivity index (χ4n) is 2.16. The number of hydrogen-bond acceptors (Lipinski definition) is 2. The van der Waals surface area contributed by atoms with Gasteiger partial charge in [-0.1, -0.05) is 24.3 Å². The highest BCUT2D eigenvalue weighted by Crippen LogP contribution is 2.27. The number of fused-ring (bicyclic) bond motifs is 1. The Morgan fingerprint density at radius 3 is 2.72 bits per heavy atom. The summed E-state index contributed by atoms with van der Waals surface area (Å²) in [6.45, 7) is 3.51. The summed E-state index contributed by atoms with van der Waals surface area (Å²) in [5, 5.41) is 5.16. The fourth-order valence-corrected chi connectivity index (χ4v) is 2.16. The van der Waals surface area contributed by atoms with Gasteiger partial charge < -0.3 is 10.1 Å². The van der Waals surface area contributed by atoms with Crippen LogP contribution in [0.15, 0.2) is 36.4 Å². The molecule has 0 spiro atoms. The smallest absolute Gasteiger partial charge is 0.217 e. The summed E-state index contributed by atoms with van der Waals surface area (Å²) in [5.74, 6) is 0.798. The average Bonchev–Trinajstić information content (AvgIpc) is 2.36. The second-order valence-electron chi connectivity index (χ2n) is 4.36. The maximum Gasteiger partial charge on any atom is 0.217 e. The van der Waals surface area contributed by atoms with Gasteiger partial charge in [0.1, 0.15) is 5.75 Å². The van der Waals surface area contributed by atoms with Crippen molar-refractivity contribution in [2.75, 3.05) is 7.11 Å². The molecule has 2 aromatic rings. The van der Waals surface area contributed by atoms with E-state index in [2.05, 4.69) is 11.4 Å². The summed E-state index contributed by atoms with van der Waals surface area (Å²) < 4.78 is 5.25. The normalized spacial score (nSPS) is 12.2. The Morgan fingerprint density at radius 1 is 1.28 bits per heavy atom. The van der Waals surface area contributed by atoms with Crippen molar-refractivity contribution < 1.29 is 9.53 Å². The molecule has 1 unspecified atom stereocenters. The average molecular weight is 243 g/mol. The van der Waals surface area contributed by atoms with E-state index in [4.69, 9.17) is 4.74 Å². The zero-order chi connectivity index (χ0) is 13.1. The topological polar surface area (TPSA) is 38.3 Å². The molecule has 0 radical (unpaired) electrons. The van der Waals surface area contributed by atoms with E-state index in [1.807, 2.05) is 37.3 Å². The van der Waals surface area contributed by atoms with Crippen LogP contribution in [-0.4, -0.2) is 13.0 Å². The lowest BCUT2D eigenvalue weighted by atomic mass is 9.99. The van der Waals surface area contributed by atoms with Crippen molar-refractivity contribution in [3.63, 3.8) is 0 Å². The molecule has 1 amide bonds. The molecule has 1 N–H and O–H groups in total. The van der Waals surface area contributed by atoms with Gasteiger partial charge in [-0.25, -0.2) is 0 Å². The molecular weight excluding hydrogens is 226 g/mol. The van der Waals surface area contributed by atoms with Crippen LogP contribution in [0.5, 0.6) is 5.75 Å². The van der Waals surface area contributed by atoms with E-state index in [1.54, 1.807) is 7.11 Å². The standard InChI is InChI=1S/C15H17NO2/c1-10(16-11(2)17)14-6-4-5-12-7-8-13(18-3)9-15(12)14/h4-10H,1-3H3,(H,16,17). The number of hydrogen-bond donors (Lipinski definition) is 1. The first-order valence-electron chi connectivity index (χ1n) is 5.95. The van der Waals surface area contributed by atoms with E-state index in [0.29, 0.717) is 0 Å². The van der Waals surface area contributed by atoms with E-state index < -0.39 is 0 Å². The molecule has 0 saturated carbocycles. The number of methoxy groups -OCH3 is 1. The van der Waals surface area contributed by atoms with Crippen molar-refractivity contribution in [3.8, 4) is 5.75 Å². The zero-order valence-corrected chi connectivity index (χ0v) is 10.9. The molecule has 0 aromatic heterocycles. The van der Waals surface area contributed by atoms with Gasteiger partial charge in [0.25, 0.3) is 0 Å². The zero-order valence-electron chi connectivity index (χ0n) is 10.9. The Labute approximate surface area is 107 Å². The van der Waals surface area contributed by atoms with Crippen molar-refractivity contribution in [2.45, 2.75) is 19.9 Å². The second kappa shape index (κ2) is 5.08. The predicted molar refractivity (Wildman–Crippen MR) is 72.7 cm³/mol. The van der Waals surface area contributed by atoms with Gasteiger partial charge in [-0.15, -0.1) is 0 Å². The van der Waals surface area contributed by atoms with Gasteiger partial charge in [0, 0.05) is 6.92 Å². The number of carbonyl (C=O) groups is 1. The van der Waals surface area contributed by atoms with Gasteiger partial charge in [0.05, 0.1) is 13.2 Å². The number of nitrogens with one attached hydrogen (secondary N) is 1. The van der Waals surface area contributed by atoms with Crippen molar-refractivity contribution in [1.82, 2.24) is 5.32 Å². The van der Waals surface area contributed by atoms with E-state index >= 15 is 0 Å². The summed E-state index contributed by atoms with van der Waals surface area (Å²) in [6, 6.07) is 12.0. The maximum atomic E-state index is 11.2. The lowest BCUT2D eigenvalue weighted by molar-refractivity contribution is -0.119. The highest BCUT2D eigenvalue weighted by atomic mass is 16.5. The van der Waals surface area contributed by atoms with E-state index in [1.165, 1.54) is 6.92 Å². The quantitative estimate of drug-likeness (QED) is 0.899. The molecule has 18 heavy (non-hydrogen) atoms. The molecule has 3 heteroatoms. The minimum Gasteiger partial charge on any atom is -0.497 e. The van der Waals surface area contributed by atoms with Gasteiger partial charge in [-0.3, -0.25) is 4.79 Å². The Bertz CT molecular complexity index is 578. The first-order chi connectivity index (χ1) is 8.61. The molecule has 0 aliphatic carbocycles. The Hall–Kier alpha value is -2.03. The molecule has 0 heterocycles. The van der Waals surface area contributed by atoms with Crippen LogP contribution >= 0.6 is 0 Å². The number of carbonyl (C=O) groups excluding carboxylic acids is 1. The summed E-state index contributed by atoms with van der Waals surface area (Å²) in [6.07, 6.45) is 0. The minimum absolute atomic E-state index is 0.0155. The Morgan fingerprint density at radius 2 is 2.06 bits per heavy atom. The fraction of sp³-hybridized carbons (Fsp3) is 0.267. The van der Waals surface area contributed by atoms with Crippen LogP contribution in [0, 0.1) is 0 Å². The summed E-state index contributed by atoms with van der Waals surface area (Å²) in [5.41, 5.74) is 1.10. The van der Waals surface area contributed by atoms with Crippen LogP contribution in [0.3, 0.4) is 0 Å². The van der Waals surface area contributed by atoms with Gasteiger partial charge >= 0.3 is 0 Å². The molecule has 0 aliphatic heterocycles. The largest absolute Gasteiger partial charge is 0.497 e. The molecular formula is C15H17NO2. The number of amides is 1. The van der Waals surface area contributed by atoms with E-state index in [0.717, 1.165) is 22.1 Å². The van der Waals surface area contributed by atoms with Crippen LogP contribution in [0.4, 0.5) is 0 Å². The maximum absolute atomic E-state index is 11.2. The lowest BCUT2D eigenvalue weighted by Gasteiger charge is -2.16. The van der Waals surface area contributed by atoms with Crippen molar-refractivity contribution in [2.24, 2.45) is 0 Å². The van der Waals surface area contributed by atoms with Crippen LogP contribution in [0.2, 0.25) is 0 Å². The molecule has 0 aliphatic rings. The molecule has 1 atom stereocenters. The Balaban J connectivity index is 2.52. The minimum atomic E-state index is -0.0256. The SMILES string of the molecule is COc1ccc2cccc(C(C)NC(C)=O)c2c1. The van der Waals surface area contributed by atoms with Crippen LogP contribution < -0.4 is 10.1 Å². The monoisotopic (exact) mass is 243 g/mol. The third-order valence-corrected chi connectivity index (χ3v) is 3.01. The highest BCUT2D eigenvalue weighted by Gasteiger charge is 2.10. The number of benzene rings is 2. The first kappa shape index (κ1) is 12.4. The number of ether oxygens (including phenoxy) is 1. The lowest BCUT2D eigenvalue weighted by Crippen LogP contribution is -2.23. The predicted octanol–water partition coefficient (Wildman–Crippen LogP) is 3.05. The summed E-state index contributed by atoms with van der Waals surface area (Å²) in [7, 11) is 1.65. The highest BCUT2D eigenvalue weighted by molar-refractivity contribution is 5.88. The van der Waals surface area contributed by atoms with Gasteiger partial charge in [-0.2, -0.15) is 0 Å². The molecule has 94 valence electrons. The van der Waals surface area contributed by atoms with E-state index in [9.17, 15) is 4.79 Å². The van der Waals surface area contributed by atoms with Crippen LogP contribution in [-0.2, 0) is 4.79 Å². The van der Waals surface area contributed by atoms with Crippen LogP contribution in [0.1, 0.15) is 25.5 Å². The summed E-state index contributed by atoms with van der Waals surface area (Å²) >= 11 is 0. The van der Waals surface area contributed by atoms with Crippen molar-refractivity contribution in [3.05, 3.63) is 42.0 Å². The van der Waals surface area contributed by atoms with Crippen molar-refractivity contribution in [1.29, 1.82) is 0 Å². The second-order valence-corrected chi connectivity index (χ2v) is 4.36. The third-order valence-electron chi connectivity index (χ3n) is 3.01. The number of rotatable bonds is 3. The molecule has 3 nitrogen and oxygen atoms in total. The molecule has 2 rings (SSSR count). The van der Waals surface area contributed by atoms with Gasteiger partial charge in [-0.05, 0) is 35.4 Å². The Kier molecular flexibility index (Phi) is 3.51. The third kappa shape index (κ3) is 2.45. The van der Waals surface area contributed by atoms with Crippen molar-refractivity contribution >= 4 is 16.7 Å². The van der Waals surface area contributed by atoms with E-state index in [-0.39, 0.29) is 11.9 Å². The van der Waals surface area contributed by atoms with Gasteiger partial charge in [0.15, 0.2) is 0 Å². The van der Waals surface area contributed by atoms with Crippen LogP contribution in [0.25, 0.3) is 10.8 Å². The summed E-state index contributed by atoms with van der Waals surface area (Å²) in [4.78, 5) is 11.2. The van der Waals surface area contributed by atoms with Gasteiger partial charge in [0.2, 0.25) is 5.91 Å². The molecule has 0 fully saturated rings. The molecule has 0 saturated heterocycles.